The van der Waals surface area contributed by atoms with E-state index in [1.54, 1.807) is 35.0 Å². The van der Waals surface area contributed by atoms with Gasteiger partial charge < -0.3 is 16.0 Å². The standard InChI is InChI=1S/C20H20N6O3S/c1-30(28,29)15-4-2-3-12(7-15)16-9-18(24-14-5-6-14)26-19(25-16)13(10-23-26)8-17-20(27)22-11-21-17/h2-4,7-10,14,21,24H,5-6,11H2,1H3,(H,22,27)/b17-8-. The third-order valence-corrected chi connectivity index (χ3v) is 6.17. The van der Waals surface area contributed by atoms with E-state index in [0.29, 0.717) is 40.9 Å². The molecule has 1 aliphatic heterocycles. The number of hydrogen-bond acceptors (Lipinski definition) is 7. The van der Waals surface area contributed by atoms with Crippen LogP contribution in [0.3, 0.4) is 0 Å². The molecule has 1 aliphatic carbocycles. The largest absolute Gasteiger partial charge is 0.367 e. The van der Waals surface area contributed by atoms with Gasteiger partial charge in [-0.2, -0.15) is 9.61 Å². The van der Waals surface area contributed by atoms with Crippen molar-refractivity contribution in [3.8, 4) is 11.3 Å². The Labute approximate surface area is 173 Å². The molecule has 0 unspecified atom stereocenters. The highest BCUT2D eigenvalue weighted by atomic mass is 32.2. The molecule has 1 saturated carbocycles. The van der Waals surface area contributed by atoms with Crippen molar-refractivity contribution in [3.63, 3.8) is 0 Å². The highest BCUT2D eigenvalue weighted by Crippen LogP contribution is 2.30. The third-order valence-electron chi connectivity index (χ3n) is 5.06. The second-order valence-corrected chi connectivity index (χ2v) is 9.51. The van der Waals surface area contributed by atoms with E-state index < -0.39 is 9.84 Å². The predicted molar refractivity (Wildman–Crippen MR) is 112 cm³/mol. The monoisotopic (exact) mass is 424 g/mol. The molecule has 154 valence electrons. The molecule has 1 saturated heterocycles. The Bertz CT molecular complexity index is 1310. The molecule has 2 aromatic heterocycles. The fraction of sp³-hybridized carbons (Fsp3) is 0.250. The number of aromatic nitrogens is 3. The number of amides is 1. The van der Waals surface area contributed by atoms with Crippen LogP contribution in [0.2, 0.25) is 0 Å². The molecule has 1 amide bonds. The number of hydrogen-bond donors (Lipinski definition) is 3. The summed E-state index contributed by atoms with van der Waals surface area (Å²) < 4.78 is 25.7. The highest BCUT2D eigenvalue weighted by Gasteiger charge is 2.24. The summed E-state index contributed by atoms with van der Waals surface area (Å²) in [6, 6.07) is 8.98. The number of nitrogens with zero attached hydrogens (tertiary/aromatic N) is 3. The van der Waals surface area contributed by atoms with Crippen molar-refractivity contribution in [2.75, 3.05) is 18.2 Å². The van der Waals surface area contributed by atoms with Crippen molar-refractivity contribution >= 4 is 33.3 Å². The summed E-state index contributed by atoms with van der Waals surface area (Å²) in [5.74, 6) is 0.596. The van der Waals surface area contributed by atoms with Crippen LogP contribution in [0.25, 0.3) is 23.0 Å². The molecular weight excluding hydrogens is 404 g/mol. The van der Waals surface area contributed by atoms with Crippen molar-refractivity contribution in [1.82, 2.24) is 25.2 Å². The van der Waals surface area contributed by atoms with Crippen LogP contribution in [0.15, 0.2) is 47.1 Å². The van der Waals surface area contributed by atoms with Gasteiger partial charge in [0.15, 0.2) is 15.5 Å². The summed E-state index contributed by atoms with van der Waals surface area (Å²) in [5.41, 5.74) is 3.03. The molecule has 5 rings (SSSR count). The molecule has 2 fully saturated rings. The van der Waals surface area contributed by atoms with Gasteiger partial charge in [-0.05, 0) is 31.1 Å². The van der Waals surface area contributed by atoms with Crippen LogP contribution < -0.4 is 16.0 Å². The third kappa shape index (κ3) is 3.50. The van der Waals surface area contributed by atoms with E-state index in [2.05, 4.69) is 21.0 Å². The topological polar surface area (TPSA) is 117 Å². The zero-order valence-corrected chi connectivity index (χ0v) is 17.0. The molecule has 3 heterocycles. The minimum Gasteiger partial charge on any atom is -0.367 e. The minimum absolute atomic E-state index is 0.178. The molecule has 9 nitrogen and oxygen atoms in total. The molecule has 2 aliphatic rings. The lowest BCUT2D eigenvalue weighted by molar-refractivity contribution is -0.116. The maximum atomic E-state index is 12.0. The van der Waals surface area contributed by atoms with Crippen LogP contribution in [-0.2, 0) is 14.6 Å². The SMILES string of the molecule is CS(=O)(=O)c1cccc(-c2cc(NC3CC3)n3ncc(/C=C4\NCNC4=O)c3n2)c1. The molecule has 1 aromatic carbocycles. The lowest BCUT2D eigenvalue weighted by Crippen LogP contribution is -2.14. The Hall–Kier alpha value is -3.40. The first-order valence-electron chi connectivity index (χ1n) is 9.58. The average molecular weight is 424 g/mol. The first kappa shape index (κ1) is 18.6. The summed E-state index contributed by atoms with van der Waals surface area (Å²) in [6.45, 7) is 0.384. The van der Waals surface area contributed by atoms with Gasteiger partial charge in [0.05, 0.1) is 23.5 Å². The number of benzene rings is 1. The quantitative estimate of drug-likeness (QED) is 0.530. The Morgan fingerprint density at radius 1 is 1.23 bits per heavy atom. The van der Waals surface area contributed by atoms with E-state index in [1.807, 2.05) is 12.1 Å². The number of rotatable bonds is 5. The van der Waals surface area contributed by atoms with Crippen LogP contribution in [0.5, 0.6) is 0 Å². The van der Waals surface area contributed by atoms with Gasteiger partial charge in [0.25, 0.3) is 5.91 Å². The number of carbonyl (C=O) groups excluding carboxylic acids is 1. The minimum atomic E-state index is -3.34. The summed E-state index contributed by atoms with van der Waals surface area (Å²) >= 11 is 0. The van der Waals surface area contributed by atoms with Crippen LogP contribution >= 0.6 is 0 Å². The Morgan fingerprint density at radius 3 is 2.77 bits per heavy atom. The Morgan fingerprint density at radius 2 is 2.07 bits per heavy atom. The van der Waals surface area contributed by atoms with Gasteiger partial charge in [0, 0.05) is 29.5 Å². The van der Waals surface area contributed by atoms with E-state index in [4.69, 9.17) is 4.98 Å². The molecule has 3 aromatic rings. The summed E-state index contributed by atoms with van der Waals surface area (Å²) in [7, 11) is -3.34. The van der Waals surface area contributed by atoms with E-state index in [0.717, 1.165) is 18.7 Å². The van der Waals surface area contributed by atoms with E-state index in [1.165, 1.54) is 6.26 Å². The second kappa shape index (κ2) is 6.84. The Balaban J connectivity index is 1.67. The van der Waals surface area contributed by atoms with Crippen LogP contribution in [0.4, 0.5) is 5.82 Å². The van der Waals surface area contributed by atoms with Crippen molar-refractivity contribution in [2.24, 2.45) is 0 Å². The number of carbonyl (C=O) groups is 1. The lowest BCUT2D eigenvalue weighted by atomic mass is 10.1. The summed E-state index contributed by atoms with van der Waals surface area (Å²) in [6.07, 6.45) is 6.74. The lowest BCUT2D eigenvalue weighted by Gasteiger charge is -2.11. The first-order valence-corrected chi connectivity index (χ1v) is 11.5. The smallest absolute Gasteiger partial charge is 0.268 e. The summed E-state index contributed by atoms with van der Waals surface area (Å²) in [4.78, 5) is 16.9. The van der Waals surface area contributed by atoms with Gasteiger partial charge in [-0.15, -0.1) is 0 Å². The molecule has 0 atom stereocenters. The molecule has 3 N–H and O–H groups in total. The van der Waals surface area contributed by atoms with Gasteiger partial charge in [-0.25, -0.2) is 13.4 Å². The van der Waals surface area contributed by atoms with Crippen molar-refractivity contribution < 1.29 is 13.2 Å². The average Bonchev–Trinajstić information content (AvgIpc) is 3.30. The maximum Gasteiger partial charge on any atom is 0.268 e. The van der Waals surface area contributed by atoms with Crippen LogP contribution in [-0.4, -0.2) is 47.9 Å². The maximum absolute atomic E-state index is 12.0. The molecule has 0 radical (unpaired) electrons. The molecule has 0 spiro atoms. The zero-order valence-electron chi connectivity index (χ0n) is 16.2. The van der Waals surface area contributed by atoms with Crippen molar-refractivity contribution in [1.29, 1.82) is 0 Å². The van der Waals surface area contributed by atoms with Gasteiger partial charge in [0.2, 0.25) is 0 Å². The van der Waals surface area contributed by atoms with E-state index in [9.17, 15) is 13.2 Å². The predicted octanol–water partition coefficient (Wildman–Crippen LogP) is 1.39. The first-order chi connectivity index (χ1) is 14.4. The van der Waals surface area contributed by atoms with Gasteiger partial charge in [-0.3, -0.25) is 4.79 Å². The normalized spacial score (nSPS) is 17.9. The fourth-order valence-electron chi connectivity index (χ4n) is 3.32. The van der Waals surface area contributed by atoms with Crippen molar-refractivity contribution in [3.05, 3.63) is 47.8 Å². The van der Waals surface area contributed by atoms with E-state index in [-0.39, 0.29) is 10.8 Å². The van der Waals surface area contributed by atoms with Gasteiger partial charge >= 0.3 is 0 Å². The van der Waals surface area contributed by atoms with Crippen LogP contribution in [0.1, 0.15) is 18.4 Å². The van der Waals surface area contributed by atoms with E-state index >= 15 is 0 Å². The zero-order chi connectivity index (χ0) is 20.9. The molecule has 30 heavy (non-hydrogen) atoms. The van der Waals surface area contributed by atoms with Crippen molar-refractivity contribution in [2.45, 2.75) is 23.8 Å². The number of sulfone groups is 1. The Kier molecular flexibility index (Phi) is 4.24. The molecular formula is C20H20N6O3S. The molecule has 0 bridgehead atoms. The second-order valence-electron chi connectivity index (χ2n) is 7.50. The fourth-order valence-corrected chi connectivity index (χ4v) is 3.99. The number of nitrogens with one attached hydrogen (secondary N) is 3. The number of anilines is 1. The van der Waals surface area contributed by atoms with Gasteiger partial charge in [-0.1, -0.05) is 12.1 Å². The number of fused-ring (bicyclic) bond motifs is 1. The molecule has 10 heteroatoms. The van der Waals surface area contributed by atoms with Crippen LogP contribution in [0, 0.1) is 0 Å². The highest BCUT2D eigenvalue weighted by molar-refractivity contribution is 7.90. The van der Waals surface area contributed by atoms with Gasteiger partial charge in [0.1, 0.15) is 11.5 Å². The summed E-state index contributed by atoms with van der Waals surface area (Å²) in [5, 5.41) is 13.6.